The van der Waals surface area contributed by atoms with Gasteiger partial charge in [-0.3, -0.25) is 4.90 Å². The van der Waals surface area contributed by atoms with Gasteiger partial charge in [-0.15, -0.1) is 0 Å². The van der Waals surface area contributed by atoms with Crippen molar-refractivity contribution in [1.29, 1.82) is 10.5 Å². The van der Waals surface area contributed by atoms with Crippen molar-refractivity contribution < 1.29 is 13.5 Å². The minimum atomic E-state index is -2.85. The van der Waals surface area contributed by atoms with E-state index in [1.165, 1.54) is 12.1 Å². The first-order valence-corrected chi connectivity index (χ1v) is 8.88. The molecule has 0 radical (unpaired) electrons. The molecule has 0 unspecified atom stereocenters. The lowest BCUT2D eigenvalue weighted by molar-refractivity contribution is -0.0498. The number of benzene rings is 1. The fourth-order valence-corrected chi connectivity index (χ4v) is 3.45. The smallest absolute Gasteiger partial charge is 0.387 e. The number of hydrogen-bond acceptors (Lipinski definition) is 6. The Hall–Kier alpha value is -2.94. The maximum Gasteiger partial charge on any atom is 0.387 e. The van der Waals surface area contributed by atoms with Gasteiger partial charge in [0, 0.05) is 25.2 Å². The number of hydrogen-bond donors (Lipinski definition) is 1. The van der Waals surface area contributed by atoms with Gasteiger partial charge in [-0.05, 0) is 29.7 Å². The van der Waals surface area contributed by atoms with Crippen molar-refractivity contribution in [3.8, 4) is 17.9 Å². The fourth-order valence-electron chi connectivity index (χ4n) is 3.21. The fraction of sp³-hybridized carbons (Fsp3) is 0.316. The van der Waals surface area contributed by atoms with Crippen molar-refractivity contribution in [3.05, 3.63) is 51.7 Å². The minimum Gasteiger partial charge on any atom is -0.435 e. The number of fused-ring (bicyclic) bond motifs is 1. The van der Waals surface area contributed by atoms with Crippen molar-refractivity contribution in [3.63, 3.8) is 0 Å². The van der Waals surface area contributed by atoms with Crippen LogP contribution in [0.25, 0.3) is 0 Å². The number of aromatic nitrogens is 1. The quantitative estimate of drug-likeness (QED) is 0.584. The van der Waals surface area contributed by atoms with Gasteiger partial charge in [0.15, 0.2) is 0 Å². The molecule has 0 fully saturated rings. The Labute approximate surface area is 165 Å². The molecule has 0 spiro atoms. The summed E-state index contributed by atoms with van der Waals surface area (Å²) in [6, 6.07) is 10.6. The number of nitrogens with one attached hydrogen (secondary N) is 1. The summed E-state index contributed by atoms with van der Waals surface area (Å²) in [5.41, 5.74) is 3.01. The predicted octanol–water partition coefficient (Wildman–Crippen LogP) is 3.70. The molecule has 1 aromatic carbocycles. The molecule has 0 bridgehead atoms. The van der Waals surface area contributed by atoms with E-state index in [0.29, 0.717) is 37.4 Å². The molecule has 0 amide bonds. The van der Waals surface area contributed by atoms with Crippen molar-refractivity contribution in [2.45, 2.75) is 26.1 Å². The maximum atomic E-state index is 12.3. The third-order valence-corrected chi connectivity index (χ3v) is 4.70. The first-order valence-electron chi connectivity index (χ1n) is 8.50. The van der Waals surface area contributed by atoms with Gasteiger partial charge < -0.3 is 10.1 Å². The Bertz CT molecular complexity index is 937. The van der Waals surface area contributed by atoms with Gasteiger partial charge >= 0.3 is 6.61 Å². The second kappa shape index (κ2) is 8.83. The highest BCUT2D eigenvalue weighted by Gasteiger charge is 2.25. The number of halogens is 3. The van der Waals surface area contributed by atoms with Crippen molar-refractivity contribution in [2.75, 3.05) is 18.4 Å². The lowest BCUT2D eigenvalue weighted by Crippen LogP contribution is -2.31. The first-order chi connectivity index (χ1) is 13.5. The van der Waals surface area contributed by atoms with Crippen LogP contribution in [0.1, 0.15) is 22.3 Å². The lowest BCUT2D eigenvalue weighted by atomic mass is 9.96. The topological polar surface area (TPSA) is 85.0 Å². The van der Waals surface area contributed by atoms with Crippen LogP contribution in [0.3, 0.4) is 0 Å². The van der Waals surface area contributed by atoms with Crippen LogP contribution in [-0.4, -0.2) is 29.6 Å². The molecule has 3 rings (SSSR count). The van der Waals surface area contributed by atoms with Gasteiger partial charge in [0.1, 0.15) is 29.3 Å². The third-order valence-electron chi connectivity index (χ3n) is 4.43. The predicted molar refractivity (Wildman–Crippen MR) is 99.0 cm³/mol. The molecule has 6 nitrogen and oxygen atoms in total. The number of nitrogens with zero attached hydrogens (tertiary/aromatic N) is 4. The van der Waals surface area contributed by atoms with Gasteiger partial charge in [-0.1, -0.05) is 23.7 Å². The molecule has 1 aromatic heterocycles. The summed E-state index contributed by atoms with van der Waals surface area (Å²) in [4.78, 5) is 6.39. The molecule has 2 aromatic rings. The standard InChI is InChI=1S/C19H16ClF2N5O/c20-17-15(9-24)14-5-8-27(11-16(14)18(26-17)25-7-6-23)10-12-1-3-13(4-2-12)28-19(21)22/h1-4,19H,5,7-8,10-11H2,(H,25,26). The van der Waals surface area contributed by atoms with E-state index in [0.717, 1.165) is 16.7 Å². The van der Waals surface area contributed by atoms with Crippen LogP contribution < -0.4 is 10.1 Å². The summed E-state index contributed by atoms with van der Waals surface area (Å²) in [7, 11) is 0. The largest absolute Gasteiger partial charge is 0.435 e. The van der Waals surface area contributed by atoms with E-state index in [-0.39, 0.29) is 17.4 Å². The van der Waals surface area contributed by atoms with Crippen LogP contribution in [0, 0.1) is 22.7 Å². The Morgan fingerprint density at radius 3 is 2.64 bits per heavy atom. The molecule has 9 heteroatoms. The molecule has 1 N–H and O–H groups in total. The van der Waals surface area contributed by atoms with E-state index >= 15 is 0 Å². The highest BCUT2D eigenvalue weighted by Crippen LogP contribution is 2.32. The maximum absolute atomic E-state index is 12.3. The summed E-state index contributed by atoms with van der Waals surface area (Å²) in [6.07, 6.45) is 0.619. The van der Waals surface area contributed by atoms with Crippen molar-refractivity contribution in [2.24, 2.45) is 0 Å². The van der Waals surface area contributed by atoms with Gasteiger partial charge in [-0.2, -0.15) is 19.3 Å². The van der Waals surface area contributed by atoms with E-state index in [9.17, 15) is 14.0 Å². The van der Waals surface area contributed by atoms with Gasteiger partial charge in [0.25, 0.3) is 0 Å². The summed E-state index contributed by atoms with van der Waals surface area (Å²) in [5, 5.41) is 21.3. The molecule has 1 aliphatic rings. The molecule has 1 aliphatic heterocycles. The highest BCUT2D eigenvalue weighted by molar-refractivity contribution is 6.30. The molecule has 0 atom stereocenters. The molecule has 0 saturated heterocycles. The number of anilines is 1. The Kier molecular flexibility index (Phi) is 6.25. The SMILES string of the molecule is N#CCNc1nc(Cl)c(C#N)c2c1CN(Cc1ccc(OC(F)F)cc1)CC2. The molecule has 144 valence electrons. The average molecular weight is 404 g/mol. The van der Waals surface area contributed by atoms with Crippen molar-refractivity contribution >= 4 is 17.4 Å². The molecular formula is C19H16ClF2N5O. The van der Waals surface area contributed by atoms with E-state index in [2.05, 4.69) is 26.0 Å². The molecule has 2 heterocycles. The van der Waals surface area contributed by atoms with Crippen LogP contribution in [0.15, 0.2) is 24.3 Å². The van der Waals surface area contributed by atoms with E-state index in [1.807, 2.05) is 6.07 Å². The van der Waals surface area contributed by atoms with Gasteiger partial charge in [0.05, 0.1) is 11.6 Å². The average Bonchev–Trinajstić information content (AvgIpc) is 2.67. The second-order valence-electron chi connectivity index (χ2n) is 6.19. The molecule has 0 aliphatic carbocycles. The summed E-state index contributed by atoms with van der Waals surface area (Å²) in [5.74, 6) is 0.620. The van der Waals surface area contributed by atoms with E-state index in [4.69, 9.17) is 16.9 Å². The first kappa shape index (κ1) is 19.8. The zero-order valence-electron chi connectivity index (χ0n) is 14.8. The lowest BCUT2D eigenvalue weighted by Gasteiger charge is -2.30. The molecular weight excluding hydrogens is 388 g/mol. The van der Waals surface area contributed by atoms with Crippen LogP contribution in [0.2, 0.25) is 5.15 Å². The highest BCUT2D eigenvalue weighted by atomic mass is 35.5. The van der Waals surface area contributed by atoms with E-state index in [1.54, 1.807) is 12.1 Å². The summed E-state index contributed by atoms with van der Waals surface area (Å²) >= 11 is 6.13. The minimum absolute atomic E-state index is 0.0767. The number of ether oxygens (including phenoxy) is 1. The Balaban J connectivity index is 1.79. The van der Waals surface area contributed by atoms with Crippen LogP contribution in [-0.2, 0) is 19.5 Å². The number of pyridine rings is 1. The Morgan fingerprint density at radius 2 is 2.00 bits per heavy atom. The van der Waals surface area contributed by atoms with Crippen LogP contribution >= 0.6 is 11.6 Å². The van der Waals surface area contributed by atoms with Crippen LogP contribution in [0.4, 0.5) is 14.6 Å². The van der Waals surface area contributed by atoms with Gasteiger partial charge in [-0.25, -0.2) is 4.98 Å². The summed E-state index contributed by atoms with van der Waals surface area (Å²) in [6.45, 7) is -0.951. The molecule has 0 saturated carbocycles. The zero-order valence-corrected chi connectivity index (χ0v) is 15.5. The normalized spacial score (nSPS) is 13.5. The van der Waals surface area contributed by atoms with Crippen molar-refractivity contribution in [1.82, 2.24) is 9.88 Å². The van der Waals surface area contributed by atoms with Gasteiger partial charge in [0.2, 0.25) is 0 Å². The number of rotatable bonds is 6. The van der Waals surface area contributed by atoms with Crippen LogP contribution in [0.5, 0.6) is 5.75 Å². The summed E-state index contributed by atoms with van der Waals surface area (Å²) < 4.78 is 28.9. The monoisotopic (exact) mass is 403 g/mol. The third kappa shape index (κ3) is 4.48. The zero-order chi connectivity index (χ0) is 20.1. The Morgan fingerprint density at radius 1 is 1.25 bits per heavy atom. The second-order valence-corrected chi connectivity index (χ2v) is 6.55. The van der Waals surface area contributed by atoms with E-state index < -0.39 is 6.61 Å². The number of nitriles is 2. The molecule has 28 heavy (non-hydrogen) atoms. The number of alkyl halides is 2.